The molecule has 0 aliphatic heterocycles. The average molecular weight is 367 g/mol. The highest BCUT2D eigenvalue weighted by Gasteiger charge is 2.34. The van der Waals surface area contributed by atoms with Gasteiger partial charge in [-0.15, -0.1) is 0 Å². The second-order valence-electron chi connectivity index (χ2n) is 5.43. The molecule has 0 unspecified atom stereocenters. The molecule has 0 radical (unpaired) electrons. The van der Waals surface area contributed by atoms with E-state index in [0.29, 0.717) is 0 Å². The molecule has 1 aromatic carbocycles. The van der Waals surface area contributed by atoms with Gasteiger partial charge in [-0.1, -0.05) is 11.6 Å². The Labute approximate surface area is 142 Å². The molecule has 0 bridgehead atoms. The van der Waals surface area contributed by atoms with Crippen molar-refractivity contribution in [2.24, 2.45) is 0 Å². The Morgan fingerprint density at radius 1 is 1.25 bits per heavy atom. The second-order valence-corrected chi connectivity index (χ2v) is 5.87. The predicted molar refractivity (Wildman–Crippen MR) is 83.8 cm³/mol. The number of hydrogen-bond donors (Lipinski definition) is 2. The van der Waals surface area contributed by atoms with Crippen molar-refractivity contribution in [2.75, 3.05) is 18.5 Å². The molecule has 1 aromatic rings. The van der Waals surface area contributed by atoms with Crippen molar-refractivity contribution in [3.8, 4) is 0 Å². The first kappa shape index (κ1) is 20.2. The van der Waals surface area contributed by atoms with Crippen LogP contribution >= 0.6 is 11.6 Å². The normalized spacial score (nSPS) is 12.0. The molecule has 0 atom stereocenters. The number of anilines is 1. The van der Waals surface area contributed by atoms with Gasteiger partial charge in [-0.25, -0.2) is 0 Å². The fraction of sp³-hybridized carbons (Fsp3) is 0.467. The number of nitrogens with one attached hydrogen (secondary N) is 2. The molecule has 0 saturated heterocycles. The number of alkyl halides is 3. The fourth-order valence-electron chi connectivity index (χ4n) is 1.74. The SMILES string of the molecule is CCOC(=O)C(C)(C)NCC(=O)Nc1ccc(Cl)cc1C(F)(F)F. The smallest absolute Gasteiger partial charge is 0.418 e. The van der Waals surface area contributed by atoms with E-state index in [2.05, 4.69) is 10.6 Å². The first-order valence-electron chi connectivity index (χ1n) is 7.06. The Morgan fingerprint density at radius 3 is 2.42 bits per heavy atom. The van der Waals surface area contributed by atoms with Crippen LogP contribution in [0.3, 0.4) is 0 Å². The zero-order valence-corrected chi connectivity index (χ0v) is 14.1. The Hall–Kier alpha value is -1.80. The van der Waals surface area contributed by atoms with Gasteiger partial charge in [-0.3, -0.25) is 14.9 Å². The minimum absolute atomic E-state index is 0.0955. The van der Waals surface area contributed by atoms with Crippen molar-refractivity contribution in [1.82, 2.24) is 5.32 Å². The van der Waals surface area contributed by atoms with E-state index in [1.54, 1.807) is 6.92 Å². The predicted octanol–water partition coefficient (Wildman–Crippen LogP) is 3.23. The quantitative estimate of drug-likeness (QED) is 0.758. The largest absolute Gasteiger partial charge is 0.465 e. The maximum absolute atomic E-state index is 13.0. The van der Waals surface area contributed by atoms with Gasteiger partial charge in [0.25, 0.3) is 0 Å². The highest BCUT2D eigenvalue weighted by Crippen LogP contribution is 2.36. The lowest BCUT2D eigenvalue weighted by atomic mass is 10.1. The van der Waals surface area contributed by atoms with E-state index in [1.165, 1.54) is 19.9 Å². The van der Waals surface area contributed by atoms with Crippen LogP contribution in [0.15, 0.2) is 18.2 Å². The highest BCUT2D eigenvalue weighted by atomic mass is 35.5. The number of esters is 1. The van der Waals surface area contributed by atoms with Gasteiger partial charge in [-0.2, -0.15) is 13.2 Å². The summed E-state index contributed by atoms with van der Waals surface area (Å²) in [7, 11) is 0. The number of carbonyl (C=O) groups excluding carboxylic acids is 2. The van der Waals surface area contributed by atoms with Gasteiger partial charge >= 0.3 is 12.1 Å². The molecule has 24 heavy (non-hydrogen) atoms. The summed E-state index contributed by atoms with van der Waals surface area (Å²) in [6.07, 6.45) is -4.66. The third-order valence-corrected chi connectivity index (χ3v) is 3.27. The van der Waals surface area contributed by atoms with Gasteiger partial charge in [0.1, 0.15) is 5.54 Å². The van der Waals surface area contributed by atoms with Crippen LogP contribution in [0.5, 0.6) is 0 Å². The standard InChI is InChI=1S/C15H18ClF3N2O3/c1-4-24-13(23)14(2,3)20-8-12(22)21-11-6-5-9(16)7-10(11)15(17,18)19/h5-7,20H,4,8H2,1-3H3,(H,21,22). The van der Waals surface area contributed by atoms with Gasteiger partial charge < -0.3 is 10.1 Å². The van der Waals surface area contributed by atoms with Crippen LogP contribution in [0.2, 0.25) is 5.02 Å². The zero-order chi connectivity index (χ0) is 18.5. The first-order chi connectivity index (χ1) is 11.0. The number of hydrogen-bond acceptors (Lipinski definition) is 4. The zero-order valence-electron chi connectivity index (χ0n) is 13.4. The molecule has 1 amide bonds. The summed E-state index contributed by atoms with van der Waals surface area (Å²) in [6.45, 7) is 4.45. The van der Waals surface area contributed by atoms with Crippen LogP contribution in [0.25, 0.3) is 0 Å². The third kappa shape index (κ3) is 5.68. The summed E-state index contributed by atoms with van der Waals surface area (Å²) in [5.74, 6) is -1.31. The van der Waals surface area contributed by atoms with Gasteiger partial charge in [0.15, 0.2) is 0 Å². The lowest BCUT2D eigenvalue weighted by Gasteiger charge is -2.23. The summed E-state index contributed by atoms with van der Waals surface area (Å²) in [5.41, 5.74) is -2.61. The Balaban J connectivity index is 2.78. The summed E-state index contributed by atoms with van der Waals surface area (Å²) in [6, 6.07) is 3.04. The summed E-state index contributed by atoms with van der Waals surface area (Å²) >= 11 is 5.57. The highest BCUT2D eigenvalue weighted by molar-refractivity contribution is 6.30. The van der Waals surface area contributed by atoms with E-state index in [-0.39, 0.29) is 18.2 Å². The van der Waals surface area contributed by atoms with E-state index in [1.807, 2.05) is 0 Å². The van der Waals surface area contributed by atoms with E-state index in [4.69, 9.17) is 16.3 Å². The summed E-state index contributed by atoms with van der Waals surface area (Å²) in [5, 5.41) is 4.70. The van der Waals surface area contributed by atoms with Crippen LogP contribution < -0.4 is 10.6 Å². The molecule has 134 valence electrons. The topological polar surface area (TPSA) is 67.4 Å². The Kier molecular flexibility index (Phi) is 6.62. The fourth-order valence-corrected chi connectivity index (χ4v) is 1.91. The Bertz CT molecular complexity index is 618. The number of rotatable bonds is 6. The van der Waals surface area contributed by atoms with Crippen molar-refractivity contribution < 1.29 is 27.5 Å². The van der Waals surface area contributed by atoms with E-state index in [0.717, 1.165) is 12.1 Å². The van der Waals surface area contributed by atoms with Crippen LogP contribution in [-0.4, -0.2) is 30.6 Å². The molecule has 5 nitrogen and oxygen atoms in total. The van der Waals surface area contributed by atoms with Crippen LogP contribution in [-0.2, 0) is 20.5 Å². The number of carbonyl (C=O) groups is 2. The van der Waals surface area contributed by atoms with Crippen LogP contribution in [0.1, 0.15) is 26.3 Å². The van der Waals surface area contributed by atoms with Crippen molar-refractivity contribution in [3.63, 3.8) is 0 Å². The first-order valence-corrected chi connectivity index (χ1v) is 7.44. The number of amides is 1. The molecule has 1 rings (SSSR count). The molecular weight excluding hydrogens is 349 g/mol. The molecule has 2 N–H and O–H groups in total. The molecule has 9 heteroatoms. The molecule has 0 aromatic heterocycles. The van der Waals surface area contributed by atoms with Crippen LogP contribution in [0.4, 0.5) is 18.9 Å². The van der Waals surface area contributed by atoms with Gasteiger partial charge in [0.05, 0.1) is 24.4 Å². The van der Waals surface area contributed by atoms with Crippen molar-refractivity contribution in [2.45, 2.75) is 32.5 Å². The lowest BCUT2D eigenvalue weighted by Crippen LogP contribution is -2.50. The van der Waals surface area contributed by atoms with Gasteiger partial charge in [-0.05, 0) is 39.0 Å². The third-order valence-electron chi connectivity index (χ3n) is 3.04. The van der Waals surface area contributed by atoms with Crippen molar-refractivity contribution in [1.29, 1.82) is 0 Å². The molecular formula is C15H18ClF3N2O3. The minimum atomic E-state index is -4.66. The summed E-state index contributed by atoms with van der Waals surface area (Å²) in [4.78, 5) is 23.6. The average Bonchev–Trinajstić information content (AvgIpc) is 2.46. The monoisotopic (exact) mass is 366 g/mol. The van der Waals surface area contributed by atoms with E-state index < -0.39 is 34.8 Å². The van der Waals surface area contributed by atoms with Crippen molar-refractivity contribution in [3.05, 3.63) is 28.8 Å². The molecule has 0 aliphatic rings. The van der Waals surface area contributed by atoms with Gasteiger partial charge in [0.2, 0.25) is 5.91 Å². The van der Waals surface area contributed by atoms with E-state index in [9.17, 15) is 22.8 Å². The molecule has 0 saturated carbocycles. The van der Waals surface area contributed by atoms with E-state index >= 15 is 0 Å². The maximum Gasteiger partial charge on any atom is 0.418 e. The van der Waals surface area contributed by atoms with Crippen molar-refractivity contribution >= 4 is 29.2 Å². The molecule has 0 fully saturated rings. The maximum atomic E-state index is 13.0. The Morgan fingerprint density at radius 2 is 1.88 bits per heavy atom. The number of halogens is 4. The summed E-state index contributed by atoms with van der Waals surface area (Å²) < 4.78 is 43.7. The number of benzene rings is 1. The molecule has 0 aliphatic carbocycles. The second kappa shape index (κ2) is 7.85. The van der Waals surface area contributed by atoms with Crippen LogP contribution in [0, 0.1) is 0 Å². The number of ether oxygens (including phenoxy) is 1. The van der Waals surface area contributed by atoms with Gasteiger partial charge in [0, 0.05) is 5.02 Å². The minimum Gasteiger partial charge on any atom is -0.465 e. The lowest BCUT2D eigenvalue weighted by molar-refractivity contribution is -0.149. The molecule has 0 heterocycles. The molecule has 0 spiro atoms.